The summed E-state index contributed by atoms with van der Waals surface area (Å²) in [6.45, 7) is 3.67. The molecule has 3 aromatic rings. The summed E-state index contributed by atoms with van der Waals surface area (Å²) in [5.74, 6) is -1.79. The lowest BCUT2D eigenvalue weighted by Crippen LogP contribution is -2.15. The smallest absolute Gasteiger partial charge is 0.377 e. The molecule has 0 radical (unpaired) electrons. The molecule has 30 heavy (non-hydrogen) atoms. The fraction of sp³-hybridized carbons (Fsp3) is 0.250. The number of Topliss-reactive ketones (excluding diaryl/α,β-unsaturated/α-hetero) is 1. The Morgan fingerprint density at radius 3 is 2.40 bits per heavy atom. The van der Waals surface area contributed by atoms with Crippen LogP contribution in [0.5, 0.6) is 11.5 Å². The van der Waals surface area contributed by atoms with Crippen LogP contribution in [-0.4, -0.2) is 36.9 Å². The van der Waals surface area contributed by atoms with Gasteiger partial charge in [0.2, 0.25) is 0 Å². The molecular formula is C24H24O6. The van der Waals surface area contributed by atoms with Gasteiger partial charge in [0.1, 0.15) is 0 Å². The Hall–Kier alpha value is -3.38. The minimum atomic E-state index is -1.52. The molecule has 0 saturated heterocycles. The highest BCUT2D eigenvalue weighted by atomic mass is 16.7. The van der Waals surface area contributed by atoms with Crippen LogP contribution in [0.15, 0.2) is 54.6 Å². The number of aliphatic carboxylic acids is 1. The lowest BCUT2D eigenvalue weighted by molar-refractivity contribution is -0.131. The van der Waals surface area contributed by atoms with Crippen LogP contribution in [0.2, 0.25) is 0 Å². The van der Waals surface area contributed by atoms with Crippen LogP contribution in [-0.2, 0) is 16.0 Å². The van der Waals surface area contributed by atoms with Gasteiger partial charge in [-0.05, 0) is 42.8 Å². The largest absolute Gasteiger partial charge is 0.487 e. The molecule has 3 rings (SSSR count). The van der Waals surface area contributed by atoms with Crippen molar-refractivity contribution in [3.63, 3.8) is 0 Å². The van der Waals surface area contributed by atoms with Crippen molar-refractivity contribution in [3.05, 3.63) is 71.3 Å². The number of methoxy groups -OCH3 is 1. The molecule has 3 aromatic carbocycles. The minimum absolute atomic E-state index is 0.0184. The second-order valence-corrected chi connectivity index (χ2v) is 7.11. The van der Waals surface area contributed by atoms with Crippen molar-refractivity contribution in [1.29, 1.82) is 0 Å². The van der Waals surface area contributed by atoms with Gasteiger partial charge < -0.3 is 19.3 Å². The summed E-state index contributed by atoms with van der Waals surface area (Å²) in [7, 11) is 1.51. The van der Waals surface area contributed by atoms with Crippen molar-refractivity contribution >= 4 is 22.5 Å². The Morgan fingerprint density at radius 2 is 1.77 bits per heavy atom. The number of hydrogen-bond acceptors (Lipinski definition) is 5. The number of hydrogen-bond donors (Lipinski definition) is 1. The summed E-state index contributed by atoms with van der Waals surface area (Å²) in [5.41, 5.74) is 2.02. The van der Waals surface area contributed by atoms with Crippen LogP contribution >= 0.6 is 0 Å². The van der Waals surface area contributed by atoms with Gasteiger partial charge in [0.05, 0.1) is 6.10 Å². The van der Waals surface area contributed by atoms with Crippen molar-refractivity contribution in [2.75, 3.05) is 13.9 Å². The van der Waals surface area contributed by atoms with E-state index in [1.165, 1.54) is 13.2 Å². The zero-order valence-corrected chi connectivity index (χ0v) is 17.2. The highest BCUT2D eigenvalue weighted by molar-refractivity contribution is 6.42. The SMILES string of the molecule is COCOc1c(OC(C)C)cc(C(=O)C(=O)O)c2cccc(Cc3ccccc3)c12. The van der Waals surface area contributed by atoms with E-state index >= 15 is 0 Å². The maximum atomic E-state index is 12.5. The molecule has 0 atom stereocenters. The maximum absolute atomic E-state index is 12.5. The monoisotopic (exact) mass is 408 g/mol. The quantitative estimate of drug-likeness (QED) is 0.320. The van der Waals surface area contributed by atoms with E-state index in [2.05, 4.69) is 0 Å². The topological polar surface area (TPSA) is 82.1 Å². The van der Waals surface area contributed by atoms with Crippen LogP contribution in [0.25, 0.3) is 10.8 Å². The molecule has 0 saturated carbocycles. The third-order valence-corrected chi connectivity index (χ3v) is 4.53. The molecule has 6 heteroatoms. The van der Waals surface area contributed by atoms with Crippen LogP contribution in [0, 0.1) is 0 Å². The second kappa shape index (κ2) is 9.41. The van der Waals surface area contributed by atoms with Crippen LogP contribution in [0.3, 0.4) is 0 Å². The lowest BCUT2D eigenvalue weighted by atomic mass is 9.93. The molecule has 0 unspecified atom stereocenters. The van der Waals surface area contributed by atoms with Gasteiger partial charge in [-0.3, -0.25) is 4.79 Å². The zero-order chi connectivity index (χ0) is 21.7. The van der Waals surface area contributed by atoms with Crippen molar-refractivity contribution in [3.8, 4) is 11.5 Å². The third kappa shape index (κ3) is 4.60. The number of ether oxygens (including phenoxy) is 3. The first-order valence-electron chi connectivity index (χ1n) is 9.61. The van der Waals surface area contributed by atoms with Crippen LogP contribution < -0.4 is 9.47 Å². The first-order valence-corrected chi connectivity index (χ1v) is 9.61. The Balaban J connectivity index is 2.31. The summed E-state index contributed by atoms with van der Waals surface area (Å²) in [6, 6.07) is 16.8. The van der Waals surface area contributed by atoms with Gasteiger partial charge in [0, 0.05) is 18.1 Å². The van der Waals surface area contributed by atoms with Gasteiger partial charge in [0.15, 0.2) is 18.3 Å². The molecule has 0 amide bonds. The van der Waals surface area contributed by atoms with E-state index < -0.39 is 11.8 Å². The number of rotatable bonds is 9. The first kappa shape index (κ1) is 21.3. The number of carboxylic acids is 1. The molecule has 1 N–H and O–H groups in total. The Labute approximate surface area is 175 Å². The highest BCUT2D eigenvalue weighted by Gasteiger charge is 2.25. The van der Waals surface area contributed by atoms with E-state index in [-0.39, 0.29) is 18.5 Å². The third-order valence-electron chi connectivity index (χ3n) is 4.53. The lowest BCUT2D eigenvalue weighted by Gasteiger charge is -2.20. The number of carboxylic acid groups (broad SMARTS) is 1. The fourth-order valence-electron chi connectivity index (χ4n) is 3.36. The normalized spacial score (nSPS) is 10.9. The van der Waals surface area contributed by atoms with E-state index in [0.29, 0.717) is 28.7 Å². The van der Waals surface area contributed by atoms with Gasteiger partial charge in [-0.15, -0.1) is 0 Å². The first-order chi connectivity index (χ1) is 14.4. The molecule has 6 nitrogen and oxygen atoms in total. The number of ketones is 1. The molecule has 0 fully saturated rings. The average Bonchev–Trinajstić information content (AvgIpc) is 2.72. The van der Waals surface area contributed by atoms with Gasteiger partial charge in [0.25, 0.3) is 5.78 Å². The standard InChI is InChI=1S/C24H24O6/c1-15(2)30-20-13-19(22(25)24(26)27)18-11-7-10-17(12-16-8-5-4-6-9-16)21(18)23(20)29-14-28-3/h4-11,13,15H,12,14H2,1-3H3,(H,26,27). The molecule has 0 aromatic heterocycles. The highest BCUT2D eigenvalue weighted by Crippen LogP contribution is 2.41. The van der Waals surface area contributed by atoms with Gasteiger partial charge in [-0.2, -0.15) is 0 Å². The molecule has 0 bridgehead atoms. The van der Waals surface area contributed by atoms with Crippen LogP contribution in [0.4, 0.5) is 0 Å². The number of carbonyl (C=O) groups excluding carboxylic acids is 1. The van der Waals surface area contributed by atoms with Crippen molar-refractivity contribution in [2.24, 2.45) is 0 Å². The summed E-state index contributed by atoms with van der Waals surface area (Å²) in [4.78, 5) is 23.9. The summed E-state index contributed by atoms with van der Waals surface area (Å²) >= 11 is 0. The van der Waals surface area contributed by atoms with E-state index in [9.17, 15) is 14.7 Å². The Bertz CT molecular complexity index is 1060. The summed E-state index contributed by atoms with van der Waals surface area (Å²) in [6.07, 6.45) is 0.370. The van der Waals surface area contributed by atoms with Crippen molar-refractivity contribution in [2.45, 2.75) is 26.4 Å². The fourth-order valence-corrected chi connectivity index (χ4v) is 3.36. The Morgan fingerprint density at radius 1 is 1.03 bits per heavy atom. The number of carbonyl (C=O) groups is 2. The minimum Gasteiger partial charge on any atom is -0.487 e. The molecular weight excluding hydrogens is 384 g/mol. The predicted molar refractivity (Wildman–Crippen MR) is 113 cm³/mol. The van der Waals surface area contributed by atoms with E-state index in [4.69, 9.17) is 14.2 Å². The van der Waals surface area contributed by atoms with Gasteiger partial charge >= 0.3 is 5.97 Å². The summed E-state index contributed by atoms with van der Waals surface area (Å²) < 4.78 is 16.9. The van der Waals surface area contributed by atoms with E-state index in [1.807, 2.05) is 56.3 Å². The van der Waals surface area contributed by atoms with Crippen molar-refractivity contribution in [1.82, 2.24) is 0 Å². The maximum Gasteiger partial charge on any atom is 0.377 e. The number of fused-ring (bicyclic) bond motifs is 1. The van der Waals surface area contributed by atoms with Crippen LogP contribution in [0.1, 0.15) is 35.3 Å². The average molecular weight is 408 g/mol. The molecule has 0 spiro atoms. The second-order valence-electron chi connectivity index (χ2n) is 7.11. The van der Waals surface area contributed by atoms with E-state index in [0.717, 1.165) is 11.1 Å². The van der Waals surface area contributed by atoms with E-state index in [1.54, 1.807) is 6.07 Å². The van der Waals surface area contributed by atoms with Gasteiger partial charge in [-0.1, -0.05) is 48.5 Å². The Kier molecular flexibility index (Phi) is 6.69. The molecule has 156 valence electrons. The van der Waals surface area contributed by atoms with Crippen molar-refractivity contribution < 1.29 is 28.9 Å². The van der Waals surface area contributed by atoms with Gasteiger partial charge in [-0.25, -0.2) is 4.79 Å². The zero-order valence-electron chi connectivity index (χ0n) is 17.2. The molecule has 0 aliphatic carbocycles. The summed E-state index contributed by atoms with van der Waals surface area (Å²) in [5, 5.41) is 10.5. The number of benzene rings is 3. The predicted octanol–water partition coefficient (Wildman–Crippen LogP) is 4.47. The molecule has 0 aliphatic rings. The molecule has 0 heterocycles. The molecule has 0 aliphatic heterocycles.